The molecule has 0 aromatic heterocycles. The van der Waals surface area contributed by atoms with Crippen LogP contribution in [0.4, 0.5) is 18.9 Å². The number of hydrogen-bond donors (Lipinski definition) is 2. The number of anilines is 1. The maximum absolute atomic E-state index is 12.7. The molecule has 1 aromatic carbocycles. The minimum absolute atomic E-state index is 0.00467. The average molecular weight is 260 g/mol. The molecule has 1 amide bonds. The van der Waals surface area contributed by atoms with E-state index in [0.717, 1.165) is 6.07 Å². The van der Waals surface area contributed by atoms with Crippen LogP contribution in [0.5, 0.6) is 0 Å². The summed E-state index contributed by atoms with van der Waals surface area (Å²) in [6.07, 6.45) is -4.48. The van der Waals surface area contributed by atoms with Crippen LogP contribution in [0.1, 0.15) is 25.0 Å². The molecule has 0 fully saturated rings. The fraction of sp³-hybridized carbons (Fsp3) is 0.417. The molecule has 0 heterocycles. The maximum atomic E-state index is 12.7. The van der Waals surface area contributed by atoms with E-state index in [1.54, 1.807) is 13.8 Å². The highest BCUT2D eigenvalue weighted by atomic mass is 19.4. The van der Waals surface area contributed by atoms with Gasteiger partial charge in [0.1, 0.15) is 0 Å². The minimum Gasteiger partial charge on any atom is -0.326 e. The lowest BCUT2D eigenvalue weighted by Gasteiger charge is -2.14. The number of hydrogen-bond acceptors (Lipinski definition) is 2. The molecule has 3 nitrogen and oxygen atoms in total. The zero-order valence-corrected chi connectivity index (χ0v) is 10.1. The van der Waals surface area contributed by atoms with Crippen molar-refractivity contribution < 1.29 is 18.0 Å². The fourth-order valence-corrected chi connectivity index (χ4v) is 1.38. The summed E-state index contributed by atoms with van der Waals surface area (Å²) in [4.78, 5) is 11.4. The number of nitrogens with two attached hydrogens (primary N) is 1. The molecule has 0 aliphatic carbocycles. The van der Waals surface area contributed by atoms with E-state index in [4.69, 9.17) is 5.73 Å². The summed E-state index contributed by atoms with van der Waals surface area (Å²) in [7, 11) is 0. The lowest BCUT2D eigenvalue weighted by Crippen LogP contribution is -2.19. The van der Waals surface area contributed by atoms with Crippen molar-refractivity contribution in [1.29, 1.82) is 0 Å². The summed E-state index contributed by atoms with van der Waals surface area (Å²) in [5, 5.41) is 2.43. The van der Waals surface area contributed by atoms with Gasteiger partial charge in [0, 0.05) is 18.2 Å². The number of halogens is 3. The third-order valence-electron chi connectivity index (χ3n) is 2.43. The largest absolute Gasteiger partial charge is 0.416 e. The van der Waals surface area contributed by atoms with Gasteiger partial charge in [-0.05, 0) is 17.7 Å². The van der Waals surface area contributed by atoms with E-state index in [9.17, 15) is 18.0 Å². The Bertz CT molecular complexity index is 441. The molecule has 0 spiro atoms. The second-order valence-corrected chi connectivity index (χ2v) is 4.22. The van der Waals surface area contributed by atoms with Crippen molar-refractivity contribution in [3.05, 3.63) is 29.3 Å². The van der Waals surface area contributed by atoms with Gasteiger partial charge in [-0.15, -0.1) is 0 Å². The summed E-state index contributed by atoms with van der Waals surface area (Å²) in [5.74, 6) is -0.628. The van der Waals surface area contributed by atoms with Crippen LogP contribution in [0, 0.1) is 5.92 Å². The molecule has 0 aliphatic heterocycles. The molecular formula is C12H15F3N2O. The smallest absolute Gasteiger partial charge is 0.326 e. The summed E-state index contributed by atoms with van der Waals surface area (Å²) in [5.41, 5.74) is 4.57. The second kappa shape index (κ2) is 5.39. The summed E-state index contributed by atoms with van der Waals surface area (Å²) in [6, 6.07) is 3.60. The Labute approximate surface area is 103 Å². The number of nitrogens with one attached hydrogen (secondary N) is 1. The van der Waals surface area contributed by atoms with E-state index >= 15 is 0 Å². The van der Waals surface area contributed by atoms with Crippen molar-refractivity contribution in [2.75, 3.05) is 5.32 Å². The van der Waals surface area contributed by atoms with Gasteiger partial charge in [0.2, 0.25) is 5.91 Å². The van der Waals surface area contributed by atoms with Crippen LogP contribution in [0.15, 0.2) is 18.2 Å². The molecule has 0 aliphatic rings. The zero-order chi connectivity index (χ0) is 13.9. The highest BCUT2D eigenvalue weighted by molar-refractivity contribution is 5.92. The third kappa shape index (κ3) is 3.46. The van der Waals surface area contributed by atoms with Crippen LogP contribution >= 0.6 is 0 Å². The number of benzene rings is 1. The van der Waals surface area contributed by atoms with Crippen molar-refractivity contribution in [2.45, 2.75) is 26.6 Å². The highest BCUT2D eigenvalue weighted by Crippen LogP contribution is 2.33. The van der Waals surface area contributed by atoms with Crippen LogP contribution in [-0.4, -0.2) is 5.91 Å². The summed E-state index contributed by atoms with van der Waals surface area (Å²) < 4.78 is 38.2. The van der Waals surface area contributed by atoms with E-state index < -0.39 is 11.7 Å². The number of rotatable bonds is 3. The molecule has 0 saturated heterocycles. The molecular weight excluding hydrogens is 245 g/mol. The van der Waals surface area contributed by atoms with Crippen LogP contribution in [-0.2, 0) is 17.5 Å². The van der Waals surface area contributed by atoms with Crippen LogP contribution < -0.4 is 11.1 Å². The van der Waals surface area contributed by atoms with Crippen molar-refractivity contribution in [3.63, 3.8) is 0 Å². The van der Waals surface area contributed by atoms with E-state index in [-0.39, 0.29) is 29.6 Å². The number of amides is 1. The molecule has 0 saturated carbocycles. The van der Waals surface area contributed by atoms with Gasteiger partial charge in [-0.3, -0.25) is 4.79 Å². The van der Waals surface area contributed by atoms with Crippen molar-refractivity contribution in [3.8, 4) is 0 Å². The van der Waals surface area contributed by atoms with Gasteiger partial charge in [0.15, 0.2) is 0 Å². The Morgan fingerprint density at radius 3 is 2.44 bits per heavy atom. The van der Waals surface area contributed by atoms with E-state index in [2.05, 4.69) is 5.32 Å². The first-order valence-electron chi connectivity index (χ1n) is 5.46. The predicted molar refractivity (Wildman–Crippen MR) is 62.8 cm³/mol. The molecule has 18 heavy (non-hydrogen) atoms. The van der Waals surface area contributed by atoms with Gasteiger partial charge < -0.3 is 11.1 Å². The minimum atomic E-state index is -4.48. The molecule has 100 valence electrons. The normalized spacial score (nSPS) is 11.7. The van der Waals surface area contributed by atoms with Crippen molar-refractivity contribution >= 4 is 11.6 Å². The van der Waals surface area contributed by atoms with Gasteiger partial charge in [-0.2, -0.15) is 13.2 Å². The first kappa shape index (κ1) is 14.5. The highest BCUT2D eigenvalue weighted by Gasteiger charge is 2.33. The lowest BCUT2D eigenvalue weighted by atomic mass is 10.1. The van der Waals surface area contributed by atoms with Gasteiger partial charge in [-0.1, -0.05) is 19.9 Å². The Morgan fingerprint density at radius 2 is 2.00 bits per heavy atom. The first-order chi connectivity index (χ1) is 8.25. The number of carbonyl (C=O) groups is 1. The average Bonchev–Trinajstić information content (AvgIpc) is 2.27. The molecule has 1 aromatic rings. The van der Waals surface area contributed by atoms with Crippen LogP contribution in [0.2, 0.25) is 0 Å². The Balaban J connectivity index is 3.08. The van der Waals surface area contributed by atoms with E-state index in [1.165, 1.54) is 12.1 Å². The number of alkyl halides is 3. The molecule has 0 radical (unpaired) electrons. The van der Waals surface area contributed by atoms with Gasteiger partial charge in [0.05, 0.1) is 5.56 Å². The molecule has 6 heteroatoms. The molecule has 3 N–H and O–H groups in total. The topological polar surface area (TPSA) is 55.1 Å². The molecule has 1 rings (SSSR count). The summed E-state index contributed by atoms with van der Waals surface area (Å²) >= 11 is 0. The lowest BCUT2D eigenvalue weighted by molar-refractivity contribution is -0.138. The van der Waals surface area contributed by atoms with Crippen molar-refractivity contribution in [1.82, 2.24) is 0 Å². The van der Waals surface area contributed by atoms with E-state index in [1.807, 2.05) is 0 Å². The summed E-state index contributed by atoms with van der Waals surface area (Å²) in [6.45, 7) is 3.12. The zero-order valence-electron chi connectivity index (χ0n) is 10.1. The third-order valence-corrected chi connectivity index (χ3v) is 2.43. The SMILES string of the molecule is CC(C)C(=O)Nc1ccc(CN)c(C(F)(F)F)c1. The number of carbonyl (C=O) groups excluding carboxylic acids is 1. The van der Waals surface area contributed by atoms with Gasteiger partial charge >= 0.3 is 6.18 Å². The van der Waals surface area contributed by atoms with E-state index in [0.29, 0.717) is 0 Å². The molecule has 0 bridgehead atoms. The maximum Gasteiger partial charge on any atom is 0.416 e. The monoisotopic (exact) mass is 260 g/mol. The molecule has 0 atom stereocenters. The molecule has 0 unspecified atom stereocenters. The van der Waals surface area contributed by atoms with Crippen LogP contribution in [0.25, 0.3) is 0 Å². The van der Waals surface area contributed by atoms with Gasteiger partial charge in [-0.25, -0.2) is 0 Å². The second-order valence-electron chi connectivity index (χ2n) is 4.22. The van der Waals surface area contributed by atoms with Gasteiger partial charge in [0.25, 0.3) is 0 Å². The standard InChI is InChI=1S/C12H15F3N2O/c1-7(2)11(18)17-9-4-3-8(6-16)10(5-9)12(13,14)15/h3-5,7H,6,16H2,1-2H3,(H,17,18). The quantitative estimate of drug-likeness (QED) is 0.878. The van der Waals surface area contributed by atoms with Crippen LogP contribution in [0.3, 0.4) is 0 Å². The Morgan fingerprint density at radius 1 is 1.39 bits per heavy atom. The Kier molecular flexibility index (Phi) is 4.34. The predicted octanol–water partition coefficient (Wildman–Crippen LogP) is 2.76. The fourth-order valence-electron chi connectivity index (χ4n) is 1.38. The first-order valence-corrected chi connectivity index (χ1v) is 5.46. The van der Waals surface area contributed by atoms with Crippen molar-refractivity contribution in [2.24, 2.45) is 11.7 Å². The Hall–Kier alpha value is -1.56.